The zero-order valence-electron chi connectivity index (χ0n) is 12.7. The average Bonchev–Trinajstić information content (AvgIpc) is 2.89. The Morgan fingerprint density at radius 3 is 2.91 bits per heavy atom. The van der Waals surface area contributed by atoms with E-state index in [1.54, 1.807) is 6.92 Å². The van der Waals surface area contributed by atoms with Gasteiger partial charge in [-0.1, -0.05) is 0 Å². The van der Waals surface area contributed by atoms with Crippen LogP contribution in [0, 0.1) is 6.92 Å². The summed E-state index contributed by atoms with van der Waals surface area (Å²) < 4.78 is 5.35. The topological polar surface area (TPSA) is 87.6 Å². The normalized spacial score (nSPS) is 29.5. The van der Waals surface area contributed by atoms with Crippen LogP contribution in [0.15, 0.2) is 12.5 Å². The second-order valence-corrected chi connectivity index (χ2v) is 5.89. The Hall–Kier alpha value is -1.57. The highest BCUT2D eigenvalue weighted by Gasteiger charge is 2.39. The van der Waals surface area contributed by atoms with Crippen molar-refractivity contribution in [3.8, 4) is 0 Å². The number of carbonyl (C=O) groups is 1. The van der Waals surface area contributed by atoms with E-state index in [4.69, 9.17) is 4.74 Å². The lowest BCUT2D eigenvalue weighted by molar-refractivity contribution is -0.0154. The number of hydrogen-bond donors (Lipinski definition) is 2. The second kappa shape index (κ2) is 6.68. The van der Waals surface area contributed by atoms with Crippen molar-refractivity contribution < 1.29 is 14.6 Å². The van der Waals surface area contributed by atoms with Gasteiger partial charge < -0.3 is 15.2 Å². The lowest BCUT2D eigenvalue weighted by Crippen LogP contribution is -2.51. The number of morpholine rings is 1. The monoisotopic (exact) mass is 306 g/mol. The lowest BCUT2D eigenvalue weighted by Gasteiger charge is -2.34. The van der Waals surface area contributed by atoms with Crippen molar-refractivity contribution in [1.29, 1.82) is 0 Å². The van der Waals surface area contributed by atoms with Gasteiger partial charge in [-0.05, 0) is 19.8 Å². The van der Waals surface area contributed by atoms with Gasteiger partial charge in [0, 0.05) is 25.3 Å². The number of hydrogen-bond acceptors (Lipinski definition) is 6. The van der Waals surface area contributed by atoms with Gasteiger partial charge in [-0.3, -0.25) is 9.69 Å². The summed E-state index contributed by atoms with van der Waals surface area (Å²) in [4.78, 5) is 22.5. The maximum atomic E-state index is 12.3. The van der Waals surface area contributed by atoms with E-state index < -0.39 is 6.10 Å². The predicted octanol–water partition coefficient (Wildman–Crippen LogP) is -0.261. The second-order valence-electron chi connectivity index (χ2n) is 5.89. The molecule has 0 spiro atoms. The SMILES string of the molecule is Cc1ncncc1C(=O)N[C@@H]1CC[C@@H](N2CCOCC2)[C@@H]1O. The molecule has 0 aromatic carbocycles. The molecule has 7 nitrogen and oxygen atoms in total. The molecule has 3 rings (SSSR count). The summed E-state index contributed by atoms with van der Waals surface area (Å²) in [6.45, 7) is 4.88. The van der Waals surface area contributed by atoms with E-state index in [2.05, 4.69) is 20.2 Å². The molecule has 1 aliphatic heterocycles. The molecule has 0 unspecified atom stereocenters. The predicted molar refractivity (Wildman–Crippen MR) is 79.4 cm³/mol. The van der Waals surface area contributed by atoms with Crippen molar-refractivity contribution in [2.24, 2.45) is 0 Å². The molecule has 2 aliphatic rings. The summed E-state index contributed by atoms with van der Waals surface area (Å²) in [5, 5.41) is 13.5. The summed E-state index contributed by atoms with van der Waals surface area (Å²) in [7, 11) is 0. The zero-order valence-corrected chi connectivity index (χ0v) is 12.7. The molecule has 0 radical (unpaired) electrons. The van der Waals surface area contributed by atoms with Crippen molar-refractivity contribution in [2.75, 3.05) is 26.3 Å². The van der Waals surface area contributed by atoms with E-state index in [1.165, 1.54) is 12.5 Å². The number of aryl methyl sites for hydroxylation is 1. The van der Waals surface area contributed by atoms with Crippen molar-refractivity contribution >= 4 is 5.91 Å². The van der Waals surface area contributed by atoms with Gasteiger partial charge in [0.25, 0.3) is 5.91 Å². The lowest BCUT2D eigenvalue weighted by atomic mass is 10.1. The Morgan fingerprint density at radius 2 is 2.18 bits per heavy atom. The first-order chi connectivity index (χ1) is 10.7. The maximum absolute atomic E-state index is 12.3. The smallest absolute Gasteiger partial charge is 0.255 e. The average molecular weight is 306 g/mol. The molecule has 1 saturated heterocycles. The summed E-state index contributed by atoms with van der Waals surface area (Å²) in [5.74, 6) is -0.218. The fraction of sp³-hybridized carbons (Fsp3) is 0.667. The molecule has 3 atom stereocenters. The Balaban J connectivity index is 1.62. The van der Waals surface area contributed by atoms with Crippen LogP contribution in [-0.2, 0) is 4.74 Å². The van der Waals surface area contributed by atoms with E-state index in [9.17, 15) is 9.90 Å². The molecule has 22 heavy (non-hydrogen) atoms. The molecule has 1 aromatic rings. The van der Waals surface area contributed by atoms with Gasteiger partial charge in [0.15, 0.2) is 0 Å². The first kappa shape index (κ1) is 15.3. The third-order valence-electron chi connectivity index (χ3n) is 4.57. The minimum Gasteiger partial charge on any atom is -0.389 e. The quantitative estimate of drug-likeness (QED) is 0.800. The Morgan fingerprint density at radius 1 is 1.41 bits per heavy atom. The summed E-state index contributed by atoms with van der Waals surface area (Å²) in [6.07, 6.45) is 4.05. The Labute approximate surface area is 129 Å². The third-order valence-corrected chi connectivity index (χ3v) is 4.57. The van der Waals surface area contributed by atoms with Crippen LogP contribution in [0.25, 0.3) is 0 Å². The molecule has 2 fully saturated rings. The first-order valence-electron chi connectivity index (χ1n) is 7.74. The number of aliphatic hydroxyl groups excluding tert-OH is 1. The van der Waals surface area contributed by atoms with Gasteiger partial charge in [0.1, 0.15) is 6.33 Å². The summed E-state index contributed by atoms with van der Waals surface area (Å²) in [5.41, 5.74) is 1.11. The van der Waals surface area contributed by atoms with Crippen LogP contribution >= 0.6 is 0 Å². The van der Waals surface area contributed by atoms with Crippen molar-refractivity contribution in [3.05, 3.63) is 23.8 Å². The molecule has 2 N–H and O–H groups in total. The van der Waals surface area contributed by atoms with E-state index in [0.29, 0.717) is 24.5 Å². The van der Waals surface area contributed by atoms with Crippen molar-refractivity contribution in [3.63, 3.8) is 0 Å². The van der Waals surface area contributed by atoms with Crippen LogP contribution in [0.2, 0.25) is 0 Å². The number of amides is 1. The maximum Gasteiger partial charge on any atom is 0.255 e. The van der Waals surface area contributed by atoms with Crippen LogP contribution in [0.4, 0.5) is 0 Å². The van der Waals surface area contributed by atoms with E-state index in [0.717, 1.165) is 25.9 Å². The molecule has 120 valence electrons. The molecule has 0 bridgehead atoms. The Bertz CT molecular complexity index is 533. The molecular weight excluding hydrogens is 284 g/mol. The van der Waals surface area contributed by atoms with Crippen LogP contribution in [0.3, 0.4) is 0 Å². The number of aromatic nitrogens is 2. The minimum atomic E-state index is -0.549. The van der Waals surface area contributed by atoms with Gasteiger partial charge in [-0.15, -0.1) is 0 Å². The zero-order chi connectivity index (χ0) is 15.5. The summed E-state index contributed by atoms with van der Waals surface area (Å²) in [6, 6.07) is -0.123. The first-order valence-corrected chi connectivity index (χ1v) is 7.74. The van der Waals surface area contributed by atoms with Crippen LogP contribution in [0.1, 0.15) is 28.9 Å². The molecule has 1 saturated carbocycles. The largest absolute Gasteiger partial charge is 0.389 e. The number of rotatable bonds is 3. The van der Waals surface area contributed by atoms with Gasteiger partial charge in [-0.2, -0.15) is 0 Å². The van der Waals surface area contributed by atoms with Crippen LogP contribution in [-0.4, -0.2) is 70.4 Å². The highest BCUT2D eigenvalue weighted by molar-refractivity contribution is 5.95. The van der Waals surface area contributed by atoms with Crippen molar-refractivity contribution in [2.45, 2.75) is 38.0 Å². The van der Waals surface area contributed by atoms with Crippen molar-refractivity contribution in [1.82, 2.24) is 20.2 Å². The fourth-order valence-corrected chi connectivity index (χ4v) is 3.29. The standard InChI is InChI=1S/C15H22N4O3/c1-10-11(8-16-9-17-10)15(21)18-12-2-3-13(14(12)20)19-4-6-22-7-5-19/h8-9,12-14,20H,2-7H2,1H3,(H,18,21)/t12-,13-,14-/m1/s1. The number of nitrogens with zero attached hydrogens (tertiary/aromatic N) is 3. The highest BCUT2D eigenvalue weighted by atomic mass is 16.5. The van der Waals surface area contributed by atoms with E-state index in [-0.39, 0.29) is 18.0 Å². The van der Waals surface area contributed by atoms with Gasteiger partial charge >= 0.3 is 0 Å². The number of ether oxygens (including phenoxy) is 1. The van der Waals surface area contributed by atoms with E-state index in [1.807, 2.05) is 0 Å². The number of carbonyl (C=O) groups excluding carboxylic acids is 1. The van der Waals surface area contributed by atoms with E-state index >= 15 is 0 Å². The van der Waals surface area contributed by atoms with Gasteiger partial charge in [0.05, 0.1) is 36.6 Å². The number of nitrogens with one attached hydrogen (secondary N) is 1. The van der Waals surface area contributed by atoms with Gasteiger partial charge in [-0.25, -0.2) is 9.97 Å². The fourth-order valence-electron chi connectivity index (χ4n) is 3.29. The molecule has 1 aromatic heterocycles. The molecule has 7 heteroatoms. The molecule has 1 aliphatic carbocycles. The molecule has 2 heterocycles. The molecule has 1 amide bonds. The number of aliphatic hydroxyl groups is 1. The molecular formula is C15H22N4O3. The summed E-state index contributed by atoms with van der Waals surface area (Å²) >= 11 is 0. The van der Waals surface area contributed by atoms with Gasteiger partial charge in [0.2, 0.25) is 0 Å². The minimum absolute atomic E-state index is 0.0994. The Kier molecular flexibility index (Phi) is 4.66. The van der Waals surface area contributed by atoms with Crippen LogP contribution < -0.4 is 5.32 Å². The third kappa shape index (κ3) is 3.11. The highest BCUT2D eigenvalue weighted by Crippen LogP contribution is 2.26. The van der Waals surface area contributed by atoms with Crippen LogP contribution in [0.5, 0.6) is 0 Å².